The molecule has 5 nitrogen and oxygen atoms in total. The zero-order valence-electron chi connectivity index (χ0n) is 13.0. The van der Waals surface area contributed by atoms with Gasteiger partial charge in [0.1, 0.15) is 0 Å². The zero-order valence-corrected chi connectivity index (χ0v) is 13.8. The van der Waals surface area contributed by atoms with Gasteiger partial charge in [0.25, 0.3) is 5.56 Å². The van der Waals surface area contributed by atoms with E-state index in [2.05, 4.69) is 18.7 Å². The summed E-state index contributed by atoms with van der Waals surface area (Å²) in [6, 6.07) is 3.63. The molecule has 0 spiro atoms. The largest absolute Gasteiger partial charge is 0.493 e. The van der Waals surface area contributed by atoms with Gasteiger partial charge in [0.15, 0.2) is 11.5 Å². The van der Waals surface area contributed by atoms with E-state index in [4.69, 9.17) is 9.47 Å². The number of ether oxygens (including phenoxy) is 2. The van der Waals surface area contributed by atoms with E-state index in [-0.39, 0.29) is 5.56 Å². The molecule has 0 aliphatic heterocycles. The van der Waals surface area contributed by atoms with Gasteiger partial charge in [-0.2, -0.15) is 0 Å². The number of rotatable bonds is 7. The van der Waals surface area contributed by atoms with Crippen molar-refractivity contribution in [2.24, 2.45) is 0 Å². The molecule has 0 saturated carbocycles. The quantitative estimate of drug-likeness (QED) is 0.788. The average Bonchev–Trinajstić information content (AvgIpc) is 2.82. The third-order valence-corrected chi connectivity index (χ3v) is 4.77. The van der Waals surface area contributed by atoms with E-state index in [1.165, 1.54) is 11.5 Å². The maximum Gasteiger partial charge on any atom is 0.268 e. The van der Waals surface area contributed by atoms with Crippen molar-refractivity contribution in [1.29, 1.82) is 0 Å². The summed E-state index contributed by atoms with van der Waals surface area (Å²) in [5.41, 5.74) is 0.0445. The molecule has 1 aromatic heterocycles. The normalized spacial score (nSPS) is 11.3. The smallest absolute Gasteiger partial charge is 0.268 e. The van der Waals surface area contributed by atoms with Crippen molar-refractivity contribution in [2.45, 2.75) is 20.4 Å². The minimum atomic E-state index is 0.0445. The van der Waals surface area contributed by atoms with Gasteiger partial charge >= 0.3 is 0 Å². The van der Waals surface area contributed by atoms with Gasteiger partial charge in [-0.1, -0.05) is 25.4 Å². The van der Waals surface area contributed by atoms with Crippen LogP contribution in [0.25, 0.3) is 10.1 Å². The Labute approximate surface area is 128 Å². The van der Waals surface area contributed by atoms with Crippen LogP contribution in [0.4, 0.5) is 0 Å². The number of aromatic nitrogens is 1. The molecular formula is C15H22N2O3S. The number of benzene rings is 1. The van der Waals surface area contributed by atoms with Gasteiger partial charge in [-0.25, -0.2) is 0 Å². The highest BCUT2D eigenvalue weighted by Gasteiger charge is 2.13. The minimum Gasteiger partial charge on any atom is -0.493 e. The van der Waals surface area contributed by atoms with E-state index in [9.17, 15) is 4.79 Å². The second-order valence-electron chi connectivity index (χ2n) is 4.73. The Hall–Kier alpha value is -1.53. The molecule has 1 aromatic carbocycles. The Morgan fingerprint density at radius 1 is 1.14 bits per heavy atom. The van der Waals surface area contributed by atoms with Crippen LogP contribution in [0.2, 0.25) is 0 Å². The van der Waals surface area contributed by atoms with Crippen LogP contribution in [0.1, 0.15) is 13.8 Å². The van der Waals surface area contributed by atoms with Gasteiger partial charge in [0, 0.05) is 19.2 Å². The lowest BCUT2D eigenvalue weighted by atomic mass is 10.2. The summed E-state index contributed by atoms with van der Waals surface area (Å²) in [5, 5.41) is 0.692. The number of fused-ring (bicyclic) bond motifs is 1. The van der Waals surface area contributed by atoms with Gasteiger partial charge < -0.3 is 14.4 Å². The Kier molecular flexibility index (Phi) is 5.25. The predicted octanol–water partition coefficient (Wildman–Crippen LogP) is 2.42. The standard InChI is InChI=1S/C15H22N2O3S/c1-5-16(6-2)7-8-17-15(18)11-9-12(19-3)13(20-4)10-14(11)21-17/h9-10H,5-8H2,1-4H3. The van der Waals surface area contributed by atoms with Gasteiger partial charge in [0.05, 0.1) is 24.3 Å². The van der Waals surface area contributed by atoms with Crippen molar-refractivity contribution < 1.29 is 9.47 Å². The average molecular weight is 310 g/mol. The Morgan fingerprint density at radius 3 is 2.33 bits per heavy atom. The molecule has 0 bridgehead atoms. The monoisotopic (exact) mass is 310 g/mol. The molecule has 116 valence electrons. The Morgan fingerprint density at radius 2 is 1.76 bits per heavy atom. The van der Waals surface area contributed by atoms with Crippen molar-refractivity contribution in [1.82, 2.24) is 8.86 Å². The molecule has 2 rings (SSSR count). The summed E-state index contributed by atoms with van der Waals surface area (Å²) in [5.74, 6) is 1.25. The molecule has 2 aromatic rings. The third-order valence-electron chi connectivity index (χ3n) is 3.66. The zero-order chi connectivity index (χ0) is 15.4. The summed E-state index contributed by atoms with van der Waals surface area (Å²) < 4.78 is 13.3. The number of hydrogen-bond donors (Lipinski definition) is 0. The molecule has 6 heteroatoms. The highest BCUT2D eigenvalue weighted by Crippen LogP contribution is 2.32. The molecule has 21 heavy (non-hydrogen) atoms. The van der Waals surface area contributed by atoms with E-state index in [0.29, 0.717) is 23.4 Å². The molecular weight excluding hydrogens is 288 g/mol. The topological polar surface area (TPSA) is 43.7 Å². The van der Waals surface area contributed by atoms with Crippen molar-refractivity contribution in [3.05, 3.63) is 22.5 Å². The molecule has 0 atom stereocenters. The summed E-state index contributed by atoms with van der Waals surface area (Å²) in [7, 11) is 3.18. The lowest BCUT2D eigenvalue weighted by molar-refractivity contribution is 0.293. The fourth-order valence-electron chi connectivity index (χ4n) is 2.32. The second-order valence-corrected chi connectivity index (χ2v) is 5.79. The molecule has 0 radical (unpaired) electrons. The van der Waals surface area contributed by atoms with Gasteiger partial charge in [-0.05, 0) is 19.2 Å². The van der Waals surface area contributed by atoms with Crippen LogP contribution >= 0.6 is 11.5 Å². The highest BCUT2D eigenvalue weighted by atomic mass is 32.1. The molecule has 0 N–H and O–H groups in total. The lowest BCUT2D eigenvalue weighted by Crippen LogP contribution is -2.28. The van der Waals surface area contributed by atoms with Crippen LogP contribution in [-0.2, 0) is 6.54 Å². The number of hydrogen-bond acceptors (Lipinski definition) is 5. The summed E-state index contributed by atoms with van der Waals surface area (Å²) in [6.45, 7) is 7.86. The Bertz CT molecular complexity index is 659. The van der Waals surface area contributed by atoms with Gasteiger partial charge in [0.2, 0.25) is 0 Å². The molecule has 0 saturated heterocycles. The highest BCUT2D eigenvalue weighted by molar-refractivity contribution is 7.13. The second kappa shape index (κ2) is 6.95. The molecule has 0 aliphatic rings. The third kappa shape index (κ3) is 3.22. The van der Waals surface area contributed by atoms with Crippen molar-refractivity contribution >= 4 is 21.6 Å². The van der Waals surface area contributed by atoms with E-state index in [1.54, 1.807) is 20.3 Å². The van der Waals surface area contributed by atoms with Gasteiger partial charge in [-0.3, -0.25) is 8.75 Å². The number of nitrogens with zero attached hydrogens (tertiary/aromatic N) is 2. The van der Waals surface area contributed by atoms with Crippen LogP contribution in [0.5, 0.6) is 11.5 Å². The van der Waals surface area contributed by atoms with Crippen LogP contribution in [-0.4, -0.2) is 42.7 Å². The fraction of sp³-hybridized carbons (Fsp3) is 0.533. The molecule has 0 unspecified atom stereocenters. The maximum atomic E-state index is 12.4. The van der Waals surface area contributed by atoms with E-state index >= 15 is 0 Å². The lowest BCUT2D eigenvalue weighted by Gasteiger charge is -2.17. The first-order valence-corrected chi connectivity index (χ1v) is 7.90. The first-order chi connectivity index (χ1) is 10.1. The summed E-state index contributed by atoms with van der Waals surface area (Å²) in [4.78, 5) is 14.7. The first kappa shape index (κ1) is 15.9. The number of methoxy groups -OCH3 is 2. The van der Waals surface area contributed by atoms with Crippen molar-refractivity contribution in [3.63, 3.8) is 0 Å². The SMILES string of the molecule is CCN(CC)CCn1sc2cc(OC)c(OC)cc2c1=O. The summed E-state index contributed by atoms with van der Waals surface area (Å²) in [6.07, 6.45) is 0. The minimum absolute atomic E-state index is 0.0445. The van der Waals surface area contributed by atoms with Crippen LogP contribution in [0.15, 0.2) is 16.9 Å². The fourth-order valence-corrected chi connectivity index (χ4v) is 3.31. The van der Waals surface area contributed by atoms with E-state index in [1.807, 2.05) is 10.0 Å². The van der Waals surface area contributed by atoms with E-state index < -0.39 is 0 Å². The van der Waals surface area contributed by atoms with Crippen LogP contribution < -0.4 is 15.0 Å². The van der Waals surface area contributed by atoms with E-state index in [0.717, 1.165) is 24.3 Å². The molecule has 0 amide bonds. The maximum absolute atomic E-state index is 12.4. The van der Waals surface area contributed by atoms with Crippen LogP contribution in [0.3, 0.4) is 0 Å². The Balaban J connectivity index is 2.34. The number of likely N-dealkylation sites (N-methyl/N-ethyl adjacent to an activating group) is 1. The summed E-state index contributed by atoms with van der Waals surface area (Å²) >= 11 is 1.48. The van der Waals surface area contributed by atoms with Crippen molar-refractivity contribution in [2.75, 3.05) is 33.9 Å². The van der Waals surface area contributed by atoms with Crippen LogP contribution in [0, 0.1) is 0 Å². The molecule has 0 aliphatic carbocycles. The van der Waals surface area contributed by atoms with Crippen molar-refractivity contribution in [3.8, 4) is 11.5 Å². The molecule has 1 heterocycles. The predicted molar refractivity (Wildman–Crippen MR) is 87.0 cm³/mol. The first-order valence-electron chi connectivity index (χ1n) is 7.12. The van der Waals surface area contributed by atoms with Gasteiger partial charge in [-0.15, -0.1) is 0 Å². The molecule has 0 fully saturated rings.